The van der Waals surface area contributed by atoms with Crippen molar-refractivity contribution < 1.29 is 23.8 Å². The molecule has 1 amide bonds. The van der Waals surface area contributed by atoms with E-state index in [0.717, 1.165) is 0 Å². The molecule has 2 aromatic carbocycles. The number of aliphatic hydroxyl groups excluding tert-OH is 1. The number of benzene rings is 2. The molecule has 0 spiro atoms. The van der Waals surface area contributed by atoms with Gasteiger partial charge in [0.15, 0.2) is 5.65 Å². The second-order valence-electron chi connectivity index (χ2n) is 8.83. The van der Waals surface area contributed by atoms with E-state index < -0.39 is 35.4 Å². The number of carbonyl (C=O) groups is 1. The number of hydrogen-bond donors (Lipinski definition) is 2. The minimum atomic E-state index is -1.47. The second-order valence-corrected chi connectivity index (χ2v) is 8.83. The van der Waals surface area contributed by atoms with Crippen molar-refractivity contribution >= 4 is 16.9 Å². The number of aliphatic hydroxyl groups is 2. The maximum absolute atomic E-state index is 13.3. The molecule has 1 aliphatic heterocycles. The number of carbonyl (C=O) groups excluding carboxylic acids is 1. The third kappa shape index (κ3) is 4.16. The summed E-state index contributed by atoms with van der Waals surface area (Å²) in [5.74, 6) is -1.13. The molecule has 1 unspecified atom stereocenters. The lowest BCUT2D eigenvalue weighted by Crippen LogP contribution is -2.53. The number of nitrogens with zero attached hydrogens (tertiary/aromatic N) is 5. The Bertz CT molecular complexity index is 1460. The van der Waals surface area contributed by atoms with Gasteiger partial charge in [-0.05, 0) is 61.4 Å². The molecular formula is C25H23F2N5O4. The van der Waals surface area contributed by atoms with Crippen LogP contribution in [0.3, 0.4) is 0 Å². The van der Waals surface area contributed by atoms with Crippen LogP contribution in [0.5, 0.6) is 0 Å². The lowest BCUT2D eigenvalue weighted by atomic mass is 9.84. The number of halogens is 2. The van der Waals surface area contributed by atoms with E-state index >= 15 is 0 Å². The number of hydrogen-bond acceptors (Lipinski definition) is 6. The van der Waals surface area contributed by atoms with Crippen LogP contribution in [0.25, 0.3) is 16.7 Å². The monoisotopic (exact) mass is 495 g/mol. The summed E-state index contributed by atoms with van der Waals surface area (Å²) >= 11 is 0. The number of fused-ring (bicyclic) bond motifs is 1. The average Bonchev–Trinajstić information content (AvgIpc) is 3.32. The standard InChI is InChI=1S/C25H23F2N5O4/c26-17-3-1-16(2-4-17)23(34)30-11-9-25(36,10-12-30)21(14-33)31-15-28-22-20(24(31)35)13-29-32(22)19-7-5-18(27)6-8-19/h1-8,13,15,21,33,36H,9-12,14H2. The lowest BCUT2D eigenvalue weighted by molar-refractivity contribution is -0.0714. The Morgan fingerprint density at radius 2 is 1.64 bits per heavy atom. The van der Waals surface area contributed by atoms with Gasteiger partial charge in [0.25, 0.3) is 11.5 Å². The average molecular weight is 495 g/mol. The summed E-state index contributed by atoms with van der Waals surface area (Å²) < 4.78 is 29.1. The van der Waals surface area contributed by atoms with Crippen molar-refractivity contribution in [2.24, 2.45) is 0 Å². The maximum atomic E-state index is 13.3. The summed E-state index contributed by atoms with van der Waals surface area (Å²) in [6.45, 7) is -0.145. The fourth-order valence-corrected chi connectivity index (χ4v) is 4.64. The molecule has 0 radical (unpaired) electrons. The molecule has 11 heteroatoms. The van der Waals surface area contributed by atoms with Crippen LogP contribution in [0.4, 0.5) is 8.78 Å². The van der Waals surface area contributed by atoms with Crippen molar-refractivity contribution in [3.05, 3.63) is 88.6 Å². The second kappa shape index (κ2) is 9.25. The molecule has 5 rings (SSSR count). The van der Waals surface area contributed by atoms with E-state index in [1.165, 1.54) is 70.3 Å². The van der Waals surface area contributed by atoms with E-state index in [2.05, 4.69) is 10.1 Å². The zero-order valence-electron chi connectivity index (χ0n) is 19.1. The Balaban J connectivity index is 1.39. The molecular weight excluding hydrogens is 472 g/mol. The minimum absolute atomic E-state index is 0.116. The first kappa shape index (κ1) is 23.8. The fraction of sp³-hybridized carbons (Fsp3) is 0.280. The first-order valence-electron chi connectivity index (χ1n) is 11.4. The predicted molar refractivity (Wildman–Crippen MR) is 126 cm³/mol. The minimum Gasteiger partial charge on any atom is -0.394 e. The topological polar surface area (TPSA) is 113 Å². The SMILES string of the molecule is O=C(c1ccc(F)cc1)N1CCC(O)(C(CO)n2cnc3c(cnn3-c3ccc(F)cc3)c2=O)CC1. The quantitative estimate of drug-likeness (QED) is 0.438. The van der Waals surface area contributed by atoms with Crippen LogP contribution < -0.4 is 5.56 Å². The van der Waals surface area contributed by atoms with Crippen LogP contribution >= 0.6 is 0 Å². The number of rotatable bonds is 5. The zero-order valence-corrected chi connectivity index (χ0v) is 19.1. The molecule has 2 N–H and O–H groups in total. The van der Waals surface area contributed by atoms with Crippen molar-refractivity contribution in [3.63, 3.8) is 0 Å². The largest absolute Gasteiger partial charge is 0.394 e. The zero-order chi connectivity index (χ0) is 25.4. The Hall–Kier alpha value is -3.96. The predicted octanol–water partition coefficient (Wildman–Crippen LogP) is 2.06. The number of piperidine rings is 1. The highest BCUT2D eigenvalue weighted by molar-refractivity contribution is 5.94. The Labute approximate surface area is 203 Å². The van der Waals surface area contributed by atoms with Gasteiger partial charge in [-0.3, -0.25) is 14.2 Å². The van der Waals surface area contributed by atoms with E-state index in [9.17, 15) is 28.6 Å². The van der Waals surface area contributed by atoms with E-state index in [0.29, 0.717) is 11.3 Å². The van der Waals surface area contributed by atoms with Crippen LogP contribution in [0.1, 0.15) is 29.2 Å². The van der Waals surface area contributed by atoms with Gasteiger partial charge < -0.3 is 15.1 Å². The number of aromatic nitrogens is 4. The molecule has 0 bridgehead atoms. The summed E-state index contributed by atoms with van der Waals surface area (Å²) in [7, 11) is 0. The van der Waals surface area contributed by atoms with Crippen molar-refractivity contribution in [1.29, 1.82) is 0 Å². The van der Waals surface area contributed by atoms with Crippen molar-refractivity contribution in [3.8, 4) is 5.69 Å². The van der Waals surface area contributed by atoms with Crippen LogP contribution in [0.15, 0.2) is 65.8 Å². The molecule has 0 saturated carbocycles. The van der Waals surface area contributed by atoms with E-state index in [-0.39, 0.29) is 42.9 Å². The first-order chi connectivity index (χ1) is 17.3. The number of amides is 1. The highest BCUT2D eigenvalue weighted by Crippen LogP contribution is 2.33. The molecule has 36 heavy (non-hydrogen) atoms. The molecule has 3 heterocycles. The molecule has 1 atom stereocenters. The Morgan fingerprint density at radius 1 is 1.03 bits per heavy atom. The third-order valence-corrected chi connectivity index (χ3v) is 6.72. The molecule has 2 aromatic heterocycles. The molecule has 0 aliphatic carbocycles. The van der Waals surface area contributed by atoms with Gasteiger partial charge in [0, 0.05) is 18.7 Å². The summed E-state index contributed by atoms with van der Waals surface area (Å²) in [6.07, 6.45) is 2.82. The van der Waals surface area contributed by atoms with Gasteiger partial charge in [-0.15, -0.1) is 0 Å². The summed E-state index contributed by atoms with van der Waals surface area (Å²) in [5, 5.41) is 25.9. The molecule has 4 aromatic rings. The first-order valence-corrected chi connectivity index (χ1v) is 11.4. The van der Waals surface area contributed by atoms with E-state index in [1.54, 1.807) is 4.90 Å². The molecule has 1 fully saturated rings. The fourth-order valence-electron chi connectivity index (χ4n) is 4.64. The molecule has 1 aliphatic rings. The van der Waals surface area contributed by atoms with Crippen molar-refractivity contribution in [2.75, 3.05) is 19.7 Å². The summed E-state index contributed by atoms with van der Waals surface area (Å²) in [5.41, 5.74) is -0.853. The van der Waals surface area contributed by atoms with Crippen LogP contribution in [-0.4, -0.2) is 65.6 Å². The molecule has 1 saturated heterocycles. The maximum Gasteiger partial charge on any atom is 0.264 e. The van der Waals surface area contributed by atoms with Crippen LogP contribution in [0, 0.1) is 11.6 Å². The van der Waals surface area contributed by atoms with Crippen LogP contribution in [-0.2, 0) is 0 Å². The summed E-state index contributed by atoms with van der Waals surface area (Å²) in [4.78, 5) is 31.9. The molecule has 186 valence electrons. The summed E-state index contributed by atoms with van der Waals surface area (Å²) in [6, 6.07) is 9.79. The van der Waals surface area contributed by atoms with Crippen molar-refractivity contribution in [1.82, 2.24) is 24.2 Å². The van der Waals surface area contributed by atoms with E-state index in [1.807, 2.05) is 0 Å². The Morgan fingerprint density at radius 3 is 2.25 bits per heavy atom. The normalized spacial score (nSPS) is 16.3. The van der Waals surface area contributed by atoms with Gasteiger partial charge in [-0.25, -0.2) is 18.4 Å². The van der Waals surface area contributed by atoms with Gasteiger partial charge in [0.05, 0.1) is 30.1 Å². The van der Waals surface area contributed by atoms with Gasteiger partial charge in [0.1, 0.15) is 23.3 Å². The van der Waals surface area contributed by atoms with Gasteiger partial charge in [0.2, 0.25) is 0 Å². The highest BCUT2D eigenvalue weighted by atomic mass is 19.1. The van der Waals surface area contributed by atoms with Gasteiger partial charge in [-0.1, -0.05) is 0 Å². The highest BCUT2D eigenvalue weighted by Gasteiger charge is 2.42. The van der Waals surface area contributed by atoms with Crippen LogP contribution in [0.2, 0.25) is 0 Å². The Kier molecular flexibility index (Phi) is 6.10. The number of likely N-dealkylation sites (tertiary alicyclic amines) is 1. The van der Waals surface area contributed by atoms with Gasteiger partial charge in [-0.2, -0.15) is 5.10 Å². The van der Waals surface area contributed by atoms with Crippen molar-refractivity contribution in [2.45, 2.75) is 24.5 Å². The van der Waals surface area contributed by atoms with Gasteiger partial charge >= 0.3 is 0 Å². The lowest BCUT2D eigenvalue weighted by Gasteiger charge is -2.42. The van der Waals surface area contributed by atoms with E-state index in [4.69, 9.17) is 0 Å². The smallest absolute Gasteiger partial charge is 0.264 e. The molecule has 9 nitrogen and oxygen atoms in total. The third-order valence-electron chi connectivity index (χ3n) is 6.72.